The lowest BCUT2D eigenvalue weighted by atomic mass is 10.1. The Bertz CT molecular complexity index is 1440. The lowest BCUT2D eigenvalue weighted by Crippen LogP contribution is -2.32. The van der Waals surface area contributed by atoms with Gasteiger partial charge < -0.3 is 10.1 Å². The summed E-state index contributed by atoms with van der Waals surface area (Å²) >= 11 is 1.12. The number of ether oxygens (including phenoxy) is 1. The summed E-state index contributed by atoms with van der Waals surface area (Å²) in [7, 11) is 0. The molecule has 1 unspecified atom stereocenters. The number of thiophene rings is 1. The van der Waals surface area contributed by atoms with E-state index in [0.29, 0.717) is 26.3 Å². The Hall–Kier alpha value is -3.78. The van der Waals surface area contributed by atoms with Gasteiger partial charge in [-0.3, -0.25) is 14.2 Å². The van der Waals surface area contributed by atoms with Gasteiger partial charge in [0.2, 0.25) is 5.91 Å². The fourth-order valence-corrected chi connectivity index (χ4v) is 4.68. The van der Waals surface area contributed by atoms with Crippen LogP contribution in [-0.2, 0) is 16.1 Å². The highest BCUT2D eigenvalue weighted by molar-refractivity contribution is 7.20. The minimum atomic E-state index is -0.794. The van der Waals surface area contributed by atoms with Crippen LogP contribution in [0.2, 0.25) is 0 Å². The molecule has 0 aliphatic rings. The highest BCUT2D eigenvalue weighted by Crippen LogP contribution is 2.28. The first-order valence-electron chi connectivity index (χ1n) is 10.9. The summed E-state index contributed by atoms with van der Waals surface area (Å²) < 4.78 is 6.73. The largest absolute Gasteiger partial charge is 0.457 e. The van der Waals surface area contributed by atoms with E-state index < -0.39 is 12.0 Å². The molecule has 0 aliphatic carbocycles. The second-order valence-electron chi connectivity index (χ2n) is 8.17. The second-order valence-corrected chi connectivity index (χ2v) is 9.17. The van der Waals surface area contributed by atoms with E-state index in [-0.39, 0.29) is 18.1 Å². The molecular weight excluding hydrogens is 450 g/mol. The number of anilines is 1. The zero-order valence-electron chi connectivity index (χ0n) is 19.4. The fourth-order valence-electron chi connectivity index (χ4n) is 3.65. The van der Waals surface area contributed by atoms with Crippen LogP contribution in [0, 0.1) is 20.8 Å². The number of aromatic nitrogens is 2. The molecule has 8 heteroatoms. The number of esters is 1. The van der Waals surface area contributed by atoms with Crippen LogP contribution >= 0.6 is 11.3 Å². The molecule has 1 N–H and O–H groups in total. The van der Waals surface area contributed by atoms with Gasteiger partial charge in [0, 0.05) is 5.69 Å². The molecule has 1 atom stereocenters. The van der Waals surface area contributed by atoms with Gasteiger partial charge >= 0.3 is 5.97 Å². The van der Waals surface area contributed by atoms with Crippen molar-refractivity contribution in [2.45, 2.75) is 40.3 Å². The molecule has 0 aliphatic heterocycles. The van der Waals surface area contributed by atoms with E-state index >= 15 is 0 Å². The molecule has 0 radical (unpaired) electrons. The van der Waals surface area contributed by atoms with Crippen molar-refractivity contribution in [1.29, 1.82) is 0 Å². The van der Waals surface area contributed by atoms with Crippen molar-refractivity contribution in [3.8, 4) is 0 Å². The molecule has 4 rings (SSSR count). The van der Waals surface area contributed by atoms with Gasteiger partial charge in [-0.15, -0.1) is 11.3 Å². The maximum absolute atomic E-state index is 13.3. The predicted molar refractivity (Wildman–Crippen MR) is 133 cm³/mol. The lowest BCUT2D eigenvalue weighted by molar-refractivity contribution is -0.118. The van der Waals surface area contributed by atoms with E-state index in [9.17, 15) is 14.4 Å². The number of nitrogens with zero attached hydrogens (tertiary/aromatic N) is 2. The number of carbonyl (C=O) groups excluding carboxylic acids is 2. The van der Waals surface area contributed by atoms with Crippen LogP contribution < -0.4 is 10.9 Å². The minimum absolute atomic E-state index is 0.139. The van der Waals surface area contributed by atoms with Gasteiger partial charge in [-0.05, 0) is 56.0 Å². The van der Waals surface area contributed by atoms with Crippen LogP contribution in [0.1, 0.15) is 44.9 Å². The Balaban J connectivity index is 1.59. The standard InChI is InChI=1S/C26H25N3O4S/c1-15-9-8-12-20(16(15)2)28-23(30)18(4)29-14-27-24-21(25(29)31)17(3)22(34-24)26(32)33-13-19-10-6-5-7-11-19/h5-12,14,18H,13H2,1-4H3,(H,28,30). The number of fused-ring (bicyclic) bond motifs is 1. The maximum Gasteiger partial charge on any atom is 0.349 e. The van der Waals surface area contributed by atoms with E-state index in [4.69, 9.17) is 4.74 Å². The minimum Gasteiger partial charge on any atom is -0.457 e. The van der Waals surface area contributed by atoms with E-state index in [0.717, 1.165) is 28.0 Å². The van der Waals surface area contributed by atoms with Crippen molar-refractivity contribution in [3.63, 3.8) is 0 Å². The van der Waals surface area contributed by atoms with Crippen LogP contribution in [0.3, 0.4) is 0 Å². The summed E-state index contributed by atoms with van der Waals surface area (Å²) in [5.74, 6) is -0.830. The molecule has 0 saturated heterocycles. The fraction of sp³-hybridized carbons (Fsp3) is 0.231. The third-order valence-electron chi connectivity index (χ3n) is 5.93. The van der Waals surface area contributed by atoms with Gasteiger partial charge in [-0.25, -0.2) is 9.78 Å². The average Bonchev–Trinajstić information content (AvgIpc) is 3.18. The molecule has 1 amide bonds. The third-order valence-corrected chi connectivity index (χ3v) is 7.11. The quantitative estimate of drug-likeness (QED) is 0.399. The molecular formula is C26H25N3O4S. The van der Waals surface area contributed by atoms with Gasteiger partial charge in [0.25, 0.3) is 5.56 Å². The maximum atomic E-state index is 13.3. The summed E-state index contributed by atoms with van der Waals surface area (Å²) in [5, 5.41) is 3.22. The van der Waals surface area contributed by atoms with Crippen molar-refractivity contribution in [1.82, 2.24) is 9.55 Å². The van der Waals surface area contributed by atoms with E-state index in [2.05, 4.69) is 10.3 Å². The molecule has 2 aromatic carbocycles. The predicted octanol–water partition coefficient (Wildman–Crippen LogP) is 4.94. The van der Waals surface area contributed by atoms with Crippen LogP contribution in [0.4, 0.5) is 5.69 Å². The van der Waals surface area contributed by atoms with Crippen LogP contribution in [-0.4, -0.2) is 21.4 Å². The van der Waals surface area contributed by atoms with Crippen LogP contribution in [0.15, 0.2) is 59.7 Å². The number of carbonyl (C=O) groups is 2. The van der Waals surface area contributed by atoms with E-state index in [1.807, 2.05) is 62.4 Å². The number of benzene rings is 2. The Morgan fingerprint density at radius 1 is 1.06 bits per heavy atom. The van der Waals surface area contributed by atoms with E-state index in [1.54, 1.807) is 13.8 Å². The monoisotopic (exact) mass is 475 g/mol. The molecule has 0 fully saturated rings. The molecule has 0 saturated carbocycles. The van der Waals surface area contributed by atoms with E-state index in [1.165, 1.54) is 10.9 Å². The molecule has 7 nitrogen and oxygen atoms in total. The number of amides is 1. The first-order valence-corrected chi connectivity index (χ1v) is 11.7. The first kappa shape index (κ1) is 23.4. The topological polar surface area (TPSA) is 90.3 Å². The Morgan fingerprint density at radius 3 is 2.53 bits per heavy atom. The average molecular weight is 476 g/mol. The SMILES string of the molecule is Cc1cccc(NC(=O)C(C)n2cnc3sc(C(=O)OCc4ccccc4)c(C)c3c2=O)c1C. The zero-order chi connectivity index (χ0) is 24.4. The Kier molecular flexibility index (Phi) is 6.61. The number of hydrogen-bond donors (Lipinski definition) is 1. The number of hydrogen-bond acceptors (Lipinski definition) is 6. The van der Waals surface area contributed by atoms with Crippen molar-refractivity contribution < 1.29 is 14.3 Å². The molecule has 0 spiro atoms. The summed E-state index contributed by atoms with van der Waals surface area (Å²) in [6.45, 7) is 7.39. The van der Waals surface area contributed by atoms with Crippen molar-refractivity contribution >= 4 is 39.1 Å². The Labute approximate surface area is 201 Å². The molecule has 174 valence electrons. The van der Waals surface area contributed by atoms with Gasteiger partial charge in [0.05, 0.1) is 11.7 Å². The van der Waals surface area contributed by atoms with Crippen molar-refractivity contribution in [3.05, 3.63) is 92.3 Å². The molecule has 0 bridgehead atoms. The number of aryl methyl sites for hydroxylation is 2. The molecule has 4 aromatic rings. The third kappa shape index (κ3) is 4.49. The smallest absolute Gasteiger partial charge is 0.349 e. The number of nitrogens with one attached hydrogen (secondary N) is 1. The molecule has 2 aromatic heterocycles. The first-order chi connectivity index (χ1) is 16.3. The summed E-state index contributed by atoms with van der Waals surface area (Å²) in [5.41, 5.74) is 3.74. The molecule has 34 heavy (non-hydrogen) atoms. The van der Waals surface area contributed by atoms with Gasteiger partial charge in [-0.2, -0.15) is 0 Å². The van der Waals surface area contributed by atoms with Crippen LogP contribution in [0.25, 0.3) is 10.2 Å². The summed E-state index contributed by atoms with van der Waals surface area (Å²) in [4.78, 5) is 44.0. The van der Waals surface area contributed by atoms with Crippen molar-refractivity contribution in [2.75, 3.05) is 5.32 Å². The van der Waals surface area contributed by atoms with Crippen LogP contribution in [0.5, 0.6) is 0 Å². The second kappa shape index (κ2) is 9.61. The number of rotatable bonds is 6. The van der Waals surface area contributed by atoms with Gasteiger partial charge in [0.1, 0.15) is 22.4 Å². The highest BCUT2D eigenvalue weighted by Gasteiger charge is 2.24. The summed E-state index contributed by atoms with van der Waals surface area (Å²) in [6.07, 6.45) is 1.35. The summed E-state index contributed by atoms with van der Waals surface area (Å²) in [6, 6.07) is 14.3. The Morgan fingerprint density at radius 2 is 1.79 bits per heavy atom. The molecule has 2 heterocycles. The van der Waals surface area contributed by atoms with Gasteiger partial charge in [-0.1, -0.05) is 42.5 Å². The normalized spacial score (nSPS) is 11.9. The zero-order valence-corrected chi connectivity index (χ0v) is 20.2. The highest BCUT2D eigenvalue weighted by atomic mass is 32.1. The lowest BCUT2D eigenvalue weighted by Gasteiger charge is -2.16. The van der Waals surface area contributed by atoms with Crippen molar-refractivity contribution in [2.24, 2.45) is 0 Å². The van der Waals surface area contributed by atoms with Gasteiger partial charge in [0.15, 0.2) is 0 Å².